The predicted molar refractivity (Wildman–Crippen MR) is 118 cm³/mol. The number of hydrogen-bond acceptors (Lipinski definition) is 4. The van der Waals surface area contributed by atoms with Gasteiger partial charge in [-0.15, -0.1) is 0 Å². The minimum atomic E-state index is -0.861. The van der Waals surface area contributed by atoms with Gasteiger partial charge in [-0.2, -0.15) is 0 Å². The largest absolute Gasteiger partial charge is 0.484 e. The van der Waals surface area contributed by atoms with Gasteiger partial charge in [0.15, 0.2) is 6.61 Å². The molecule has 0 aromatic heterocycles. The molecule has 0 saturated heterocycles. The number of carbonyl (C=O) groups excluding carboxylic acids is 2. The predicted octanol–water partition coefficient (Wildman–Crippen LogP) is 2.94. The van der Waals surface area contributed by atoms with Crippen LogP contribution in [-0.4, -0.2) is 41.6 Å². The van der Waals surface area contributed by atoms with Crippen molar-refractivity contribution in [2.45, 2.75) is 12.6 Å². The van der Waals surface area contributed by atoms with E-state index in [4.69, 9.17) is 9.84 Å². The molecule has 0 radical (unpaired) electrons. The summed E-state index contributed by atoms with van der Waals surface area (Å²) in [5.74, 6) is -0.0959. The first-order chi connectivity index (χ1) is 15.2. The van der Waals surface area contributed by atoms with Gasteiger partial charge in [0.25, 0.3) is 5.91 Å². The molecule has 160 valence electrons. The van der Waals surface area contributed by atoms with Gasteiger partial charge in [-0.1, -0.05) is 78.9 Å². The standard InChI is InChI=1S/C25H26N2O4/c28-17-16-26-25(30)24(21-12-6-2-7-13-21)27(18-20-10-4-1-5-11-20)23(29)19-31-22-14-8-3-9-15-22/h1-15,24,28H,16-19H2,(H,26,30). The molecule has 6 nitrogen and oxygen atoms in total. The molecule has 0 spiro atoms. The molecule has 0 bridgehead atoms. The van der Waals surface area contributed by atoms with Gasteiger partial charge in [0.2, 0.25) is 5.91 Å². The number of rotatable bonds is 10. The summed E-state index contributed by atoms with van der Waals surface area (Å²) in [5.41, 5.74) is 1.58. The second-order valence-electron chi connectivity index (χ2n) is 6.94. The summed E-state index contributed by atoms with van der Waals surface area (Å²) in [7, 11) is 0. The smallest absolute Gasteiger partial charge is 0.261 e. The molecule has 0 aliphatic heterocycles. The zero-order chi connectivity index (χ0) is 21.9. The average molecular weight is 418 g/mol. The number of aliphatic hydroxyl groups is 1. The molecule has 31 heavy (non-hydrogen) atoms. The number of nitrogens with one attached hydrogen (secondary N) is 1. The molecule has 0 saturated carbocycles. The Morgan fingerprint density at radius 2 is 1.45 bits per heavy atom. The van der Waals surface area contributed by atoms with E-state index in [1.165, 1.54) is 4.90 Å². The van der Waals surface area contributed by atoms with Crippen molar-refractivity contribution in [3.63, 3.8) is 0 Å². The van der Waals surface area contributed by atoms with Gasteiger partial charge < -0.3 is 20.1 Å². The van der Waals surface area contributed by atoms with Crippen LogP contribution in [0, 0.1) is 0 Å². The molecule has 3 aromatic carbocycles. The molecule has 0 aliphatic rings. The Kier molecular flexibility index (Phi) is 8.20. The first-order valence-corrected chi connectivity index (χ1v) is 10.1. The van der Waals surface area contributed by atoms with Gasteiger partial charge in [0.1, 0.15) is 11.8 Å². The van der Waals surface area contributed by atoms with Crippen molar-refractivity contribution < 1.29 is 19.4 Å². The molecule has 1 atom stereocenters. The minimum absolute atomic E-state index is 0.107. The molecule has 2 N–H and O–H groups in total. The monoisotopic (exact) mass is 418 g/mol. The van der Waals surface area contributed by atoms with E-state index in [-0.39, 0.29) is 38.1 Å². The number of nitrogens with zero attached hydrogens (tertiary/aromatic N) is 1. The lowest BCUT2D eigenvalue weighted by atomic mass is 10.0. The maximum Gasteiger partial charge on any atom is 0.261 e. The fourth-order valence-electron chi connectivity index (χ4n) is 3.23. The fraction of sp³-hybridized carbons (Fsp3) is 0.200. The maximum atomic E-state index is 13.3. The number of carbonyl (C=O) groups is 2. The van der Waals surface area contributed by atoms with Crippen molar-refractivity contribution in [1.82, 2.24) is 10.2 Å². The summed E-state index contributed by atoms with van der Waals surface area (Å²) < 4.78 is 5.67. The summed E-state index contributed by atoms with van der Waals surface area (Å²) in [4.78, 5) is 27.9. The summed E-state index contributed by atoms with van der Waals surface area (Å²) in [6.07, 6.45) is 0. The molecule has 2 amide bonds. The van der Waals surface area contributed by atoms with Gasteiger partial charge in [0, 0.05) is 13.1 Å². The highest BCUT2D eigenvalue weighted by Crippen LogP contribution is 2.24. The van der Waals surface area contributed by atoms with Crippen LogP contribution in [-0.2, 0) is 16.1 Å². The van der Waals surface area contributed by atoms with Gasteiger partial charge in [-0.05, 0) is 23.3 Å². The number of hydrogen-bond donors (Lipinski definition) is 2. The molecule has 0 aliphatic carbocycles. The van der Waals surface area contributed by atoms with E-state index in [0.717, 1.165) is 5.56 Å². The van der Waals surface area contributed by atoms with Crippen LogP contribution >= 0.6 is 0 Å². The van der Waals surface area contributed by atoms with Crippen molar-refractivity contribution in [1.29, 1.82) is 0 Å². The second kappa shape index (κ2) is 11.5. The van der Waals surface area contributed by atoms with Crippen LogP contribution in [0.2, 0.25) is 0 Å². The normalized spacial score (nSPS) is 11.4. The van der Waals surface area contributed by atoms with E-state index in [1.54, 1.807) is 12.1 Å². The van der Waals surface area contributed by atoms with Crippen molar-refractivity contribution in [2.24, 2.45) is 0 Å². The van der Waals surface area contributed by atoms with E-state index < -0.39 is 6.04 Å². The average Bonchev–Trinajstić information content (AvgIpc) is 2.83. The van der Waals surface area contributed by atoms with Crippen LogP contribution in [0.15, 0.2) is 91.0 Å². The molecule has 3 rings (SSSR count). The quantitative estimate of drug-likeness (QED) is 0.531. The lowest BCUT2D eigenvalue weighted by Crippen LogP contribution is -2.45. The third-order valence-electron chi connectivity index (χ3n) is 4.71. The Bertz CT molecular complexity index is 949. The van der Waals surface area contributed by atoms with E-state index in [1.807, 2.05) is 78.9 Å². The summed E-state index contributed by atoms with van der Waals surface area (Å²) in [6, 6.07) is 26.8. The Morgan fingerprint density at radius 1 is 0.871 bits per heavy atom. The third kappa shape index (κ3) is 6.42. The highest BCUT2D eigenvalue weighted by Gasteiger charge is 2.31. The van der Waals surface area contributed by atoms with Crippen LogP contribution < -0.4 is 10.1 Å². The van der Waals surface area contributed by atoms with Crippen LogP contribution in [0.3, 0.4) is 0 Å². The summed E-state index contributed by atoms with van der Waals surface area (Å²) >= 11 is 0. The molecular weight excluding hydrogens is 392 g/mol. The van der Waals surface area contributed by atoms with Crippen LogP contribution in [0.4, 0.5) is 0 Å². The van der Waals surface area contributed by atoms with Crippen molar-refractivity contribution >= 4 is 11.8 Å². The SMILES string of the molecule is O=C(NCCO)C(c1ccccc1)N(Cc1ccccc1)C(=O)COc1ccccc1. The molecule has 6 heteroatoms. The van der Waals surface area contributed by atoms with E-state index >= 15 is 0 Å². The Balaban J connectivity index is 1.90. The van der Waals surface area contributed by atoms with E-state index in [0.29, 0.717) is 11.3 Å². The lowest BCUT2D eigenvalue weighted by Gasteiger charge is -2.31. The highest BCUT2D eigenvalue weighted by molar-refractivity contribution is 5.89. The lowest BCUT2D eigenvalue weighted by molar-refractivity contribution is -0.143. The molecule has 0 heterocycles. The van der Waals surface area contributed by atoms with E-state index in [2.05, 4.69) is 5.32 Å². The van der Waals surface area contributed by atoms with Gasteiger partial charge in [-0.25, -0.2) is 0 Å². The first-order valence-electron chi connectivity index (χ1n) is 10.1. The minimum Gasteiger partial charge on any atom is -0.484 e. The highest BCUT2D eigenvalue weighted by atomic mass is 16.5. The van der Waals surface area contributed by atoms with Crippen LogP contribution in [0.1, 0.15) is 17.2 Å². The zero-order valence-corrected chi connectivity index (χ0v) is 17.2. The Hall–Kier alpha value is -3.64. The zero-order valence-electron chi connectivity index (χ0n) is 17.2. The molecular formula is C25H26N2O4. The Morgan fingerprint density at radius 3 is 2.06 bits per heavy atom. The van der Waals surface area contributed by atoms with Crippen molar-refractivity contribution in [3.8, 4) is 5.75 Å². The molecule has 1 unspecified atom stereocenters. The van der Waals surface area contributed by atoms with Crippen LogP contribution in [0.5, 0.6) is 5.75 Å². The molecule has 0 fully saturated rings. The van der Waals surface area contributed by atoms with Gasteiger partial charge >= 0.3 is 0 Å². The van der Waals surface area contributed by atoms with Crippen LogP contribution in [0.25, 0.3) is 0 Å². The summed E-state index contributed by atoms with van der Waals surface area (Å²) in [6.45, 7) is -0.0373. The number of amides is 2. The topological polar surface area (TPSA) is 78.9 Å². The first kappa shape index (κ1) is 22.1. The van der Waals surface area contributed by atoms with E-state index in [9.17, 15) is 9.59 Å². The van der Waals surface area contributed by atoms with Gasteiger partial charge in [-0.3, -0.25) is 9.59 Å². The number of ether oxygens (including phenoxy) is 1. The fourth-order valence-corrected chi connectivity index (χ4v) is 3.23. The second-order valence-corrected chi connectivity index (χ2v) is 6.94. The summed E-state index contributed by atoms with van der Waals surface area (Å²) in [5, 5.41) is 11.8. The number of aliphatic hydroxyl groups excluding tert-OH is 1. The van der Waals surface area contributed by atoms with Crippen molar-refractivity contribution in [2.75, 3.05) is 19.8 Å². The van der Waals surface area contributed by atoms with Crippen molar-refractivity contribution in [3.05, 3.63) is 102 Å². The Labute approximate surface area is 182 Å². The molecule has 3 aromatic rings. The third-order valence-corrected chi connectivity index (χ3v) is 4.71. The van der Waals surface area contributed by atoms with Gasteiger partial charge in [0.05, 0.1) is 6.61 Å². The number of benzene rings is 3. The maximum absolute atomic E-state index is 13.3. The number of para-hydroxylation sites is 1.